The predicted molar refractivity (Wildman–Crippen MR) is 91.9 cm³/mol. The number of anilines is 1. The third-order valence-corrected chi connectivity index (χ3v) is 4.99. The SMILES string of the molecule is COC(=O)N1CCC(C(=O)N2CCN(c3ccccc3)CC2)CC1. The van der Waals surface area contributed by atoms with Gasteiger partial charge in [-0.25, -0.2) is 4.79 Å². The van der Waals surface area contributed by atoms with Crippen molar-refractivity contribution in [2.24, 2.45) is 5.92 Å². The molecule has 0 aromatic heterocycles. The number of benzene rings is 1. The minimum Gasteiger partial charge on any atom is -0.453 e. The molecule has 2 aliphatic heterocycles. The average Bonchev–Trinajstić information content (AvgIpc) is 2.68. The van der Waals surface area contributed by atoms with Gasteiger partial charge in [0.05, 0.1) is 7.11 Å². The minimum absolute atomic E-state index is 0.0363. The van der Waals surface area contributed by atoms with Gasteiger partial charge in [0.15, 0.2) is 0 Å². The Morgan fingerprint density at radius 3 is 2.12 bits per heavy atom. The Balaban J connectivity index is 1.48. The molecule has 2 aliphatic rings. The van der Waals surface area contributed by atoms with Crippen LogP contribution in [0.15, 0.2) is 30.3 Å². The van der Waals surface area contributed by atoms with E-state index in [1.165, 1.54) is 12.8 Å². The molecule has 2 heterocycles. The van der Waals surface area contributed by atoms with Crippen molar-refractivity contribution >= 4 is 17.7 Å². The zero-order valence-electron chi connectivity index (χ0n) is 14.2. The van der Waals surface area contributed by atoms with E-state index in [-0.39, 0.29) is 17.9 Å². The molecule has 0 bridgehead atoms. The summed E-state index contributed by atoms with van der Waals surface area (Å²) in [4.78, 5) is 30.2. The van der Waals surface area contributed by atoms with Gasteiger partial charge < -0.3 is 19.4 Å². The van der Waals surface area contributed by atoms with Crippen LogP contribution < -0.4 is 4.90 Å². The number of nitrogens with zero attached hydrogens (tertiary/aromatic N) is 3. The normalized spacial score (nSPS) is 19.3. The second-order valence-corrected chi connectivity index (χ2v) is 6.38. The van der Waals surface area contributed by atoms with Gasteiger partial charge in [-0.15, -0.1) is 0 Å². The van der Waals surface area contributed by atoms with Crippen LogP contribution in [0, 0.1) is 5.92 Å². The molecule has 0 radical (unpaired) electrons. The summed E-state index contributed by atoms with van der Waals surface area (Å²) < 4.78 is 4.74. The van der Waals surface area contributed by atoms with Crippen LogP contribution in [-0.4, -0.2) is 68.2 Å². The lowest BCUT2D eigenvalue weighted by Gasteiger charge is -2.39. The van der Waals surface area contributed by atoms with Crippen molar-refractivity contribution in [3.8, 4) is 0 Å². The summed E-state index contributed by atoms with van der Waals surface area (Å²) in [6.45, 7) is 4.49. The number of hydrogen-bond donors (Lipinski definition) is 0. The lowest BCUT2D eigenvalue weighted by atomic mass is 9.95. The van der Waals surface area contributed by atoms with E-state index >= 15 is 0 Å². The number of methoxy groups -OCH3 is 1. The van der Waals surface area contributed by atoms with Gasteiger partial charge >= 0.3 is 6.09 Å². The maximum Gasteiger partial charge on any atom is 0.409 e. The first-order valence-corrected chi connectivity index (χ1v) is 8.60. The largest absolute Gasteiger partial charge is 0.453 e. The van der Waals surface area contributed by atoms with Gasteiger partial charge in [0, 0.05) is 50.9 Å². The van der Waals surface area contributed by atoms with Gasteiger partial charge in [0.25, 0.3) is 0 Å². The molecule has 130 valence electrons. The fourth-order valence-electron chi connectivity index (χ4n) is 3.52. The fourth-order valence-corrected chi connectivity index (χ4v) is 3.52. The Morgan fingerprint density at radius 1 is 0.917 bits per heavy atom. The van der Waals surface area contributed by atoms with E-state index in [0.717, 1.165) is 39.0 Å². The maximum atomic E-state index is 12.7. The zero-order chi connectivity index (χ0) is 16.9. The second kappa shape index (κ2) is 7.55. The number of hydrogen-bond acceptors (Lipinski definition) is 4. The number of likely N-dealkylation sites (tertiary alicyclic amines) is 1. The quantitative estimate of drug-likeness (QED) is 0.829. The van der Waals surface area contributed by atoms with Crippen LogP contribution in [-0.2, 0) is 9.53 Å². The number of para-hydroxylation sites is 1. The number of piperidine rings is 1. The van der Waals surface area contributed by atoms with Crippen LogP contribution in [0.4, 0.5) is 10.5 Å². The molecule has 0 atom stereocenters. The van der Waals surface area contributed by atoms with Crippen LogP contribution in [0.25, 0.3) is 0 Å². The Labute approximate surface area is 143 Å². The highest BCUT2D eigenvalue weighted by Crippen LogP contribution is 2.22. The third-order valence-electron chi connectivity index (χ3n) is 4.99. The van der Waals surface area contributed by atoms with E-state index in [0.29, 0.717) is 13.1 Å². The first kappa shape index (κ1) is 16.6. The maximum absolute atomic E-state index is 12.7. The van der Waals surface area contributed by atoms with E-state index in [9.17, 15) is 9.59 Å². The van der Waals surface area contributed by atoms with Crippen LogP contribution >= 0.6 is 0 Å². The number of piperazine rings is 1. The minimum atomic E-state index is -0.294. The first-order valence-electron chi connectivity index (χ1n) is 8.60. The van der Waals surface area contributed by atoms with Gasteiger partial charge in [-0.3, -0.25) is 4.79 Å². The monoisotopic (exact) mass is 331 g/mol. The summed E-state index contributed by atoms with van der Waals surface area (Å²) in [5.74, 6) is 0.279. The summed E-state index contributed by atoms with van der Waals surface area (Å²) in [5.41, 5.74) is 1.22. The number of ether oxygens (including phenoxy) is 1. The molecule has 1 aromatic carbocycles. The second-order valence-electron chi connectivity index (χ2n) is 6.38. The molecule has 3 rings (SSSR count). The summed E-state index contributed by atoms with van der Waals surface area (Å²) >= 11 is 0. The molecular formula is C18H25N3O3. The Bertz CT molecular complexity index is 562. The Kier molecular flexibility index (Phi) is 5.23. The number of amides is 2. The van der Waals surface area contributed by atoms with Crippen LogP contribution in [0.1, 0.15) is 12.8 Å². The van der Waals surface area contributed by atoms with E-state index in [1.807, 2.05) is 23.1 Å². The van der Waals surface area contributed by atoms with Crippen molar-refractivity contribution in [2.75, 3.05) is 51.3 Å². The van der Waals surface area contributed by atoms with Crippen molar-refractivity contribution in [3.63, 3.8) is 0 Å². The molecule has 0 spiro atoms. The molecule has 0 saturated carbocycles. The van der Waals surface area contributed by atoms with Crippen molar-refractivity contribution in [1.29, 1.82) is 0 Å². The van der Waals surface area contributed by atoms with Gasteiger partial charge in [0.2, 0.25) is 5.91 Å². The molecule has 2 fully saturated rings. The summed E-state index contributed by atoms with van der Waals surface area (Å²) in [7, 11) is 1.39. The molecular weight excluding hydrogens is 306 g/mol. The fraction of sp³-hybridized carbons (Fsp3) is 0.556. The van der Waals surface area contributed by atoms with Crippen LogP contribution in [0.3, 0.4) is 0 Å². The van der Waals surface area contributed by atoms with Crippen molar-refractivity contribution in [2.45, 2.75) is 12.8 Å². The molecule has 2 amide bonds. The van der Waals surface area contributed by atoms with Crippen LogP contribution in [0.2, 0.25) is 0 Å². The predicted octanol–water partition coefficient (Wildman–Crippen LogP) is 1.81. The molecule has 0 aliphatic carbocycles. The Morgan fingerprint density at radius 2 is 1.54 bits per heavy atom. The van der Waals surface area contributed by atoms with Gasteiger partial charge in [0.1, 0.15) is 0 Å². The topological polar surface area (TPSA) is 53.1 Å². The number of rotatable bonds is 2. The number of carbonyl (C=O) groups is 2. The molecule has 0 unspecified atom stereocenters. The molecule has 24 heavy (non-hydrogen) atoms. The summed E-state index contributed by atoms with van der Waals surface area (Å²) in [6, 6.07) is 10.3. The highest BCUT2D eigenvalue weighted by atomic mass is 16.5. The average molecular weight is 331 g/mol. The third kappa shape index (κ3) is 3.63. The lowest BCUT2D eigenvalue weighted by molar-refractivity contribution is -0.137. The van der Waals surface area contributed by atoms with E-state index in [2.05, 4.69) is 17.0 Å². The highest BCUT2D eigenvalue weighted by molar-refractivity contribution is 5.79. The highest BCUT2D eigenvalue weighted by Gasteiger charge is 2.31. The summed E-state index contributed by atoms with van der Waals surface area (Å²) in [5, 5.41) is 0. The van der Waals surface area contributed by atoms with E-state index in [1.54, 1.807) is 4.90 Å². The molecule has 0 N–H and O–H groups in total. The van der Waals surface area contributed by atoms with E-state index < -0.39 is 0 Å². The lowest BCUT2D eigenvalue weighted by Crippen LogP contribution is -2.52. The van der Waals surface area contributed by atoms with Crippen molar-refractivity contribution in [1.82, 2.24) is 9.80 Å². The first-order chi connectivity index (χ1) is 11.7. The van der Waals surface area contributed by atoms with Gasteiger partial charge in [-0.05, 0) is 25.0 Å². The smallest absolute Gasteiger partial charge is 0.409 e. The van der Waals surface area contributed by atoms with E-state index in [4.69, 9.17) is 4.74 Å². The van der Waals surface area contributed by atoms with Gasteiger partial charge in [-0.2, -0.15) is 0 Å². The molecule has 6 heteroatoms. The molecule has 1 aromatic rings. The summed E-state index contributed by atoms with van der Waals surface area (Å²) in [6.07, 6.45) is 1.16. The Hall–Kier alpha value is -2.24. The van der Waals surface area contributed by atoms with Crippen molar-refractivity contribution < 1.29 is 14.3 Å². The standard InChI is InChI=1S/C18H25N3O3/c1-24-18(23)21-9-7-15(8-10-21)17(22)20-13-11-19(12-14-20)16-5-3-2-4-6-16/h2-6,15H,7-14H2,1H3. The van der Waals surface area contributed by atoms with Crippen molar-refractivity contribution in [3.05, 3.63) is 30.3 Å². The van der Waals surface area contributed by atoms with Crippen LogP contribution in [0.5, 0.6) is 0 Å². The van der Waals surface area contributed by atoms with Gasteiger partial charge in [-0.1, -0.05) is 18.2 Å². The number of carbonyl (C=O) groups excluding carboxylic acids is 2. The molecule has 6 nitrogen and oxygen atoms in total. The zero-order valence-corrected chi connectivity index (χ0v) is 14.2. The molecule has 2 saturated heterocycles.